The molecule has 1 atom stereocenters. The van der Waals surface area contributed by atoms with Crippen molar-refractivity contribution in [2.45, 2.75) is 47.0 Å². The first-order chi connectivity index (χ1) is 9.97. The van der Waals surface area contributed by atoms with Crippen molar-refractivity contribution in [1.82, 2.24) is 4.90 Å². The van der Waals surface area contributed by atoms with Gasteiger partial charge < -0.3 is 0 Å². The van der Waals surface area contributed by atoms with Gasteiger partial charge in [-0.15, -0.1) is 0 Å². The van der Waals surface area contributed by atoms with E-state index in [9.17, 15) is 4.79 Å². The minimum Gasteiger partial charge on any atom is -0.296 e. The Kier molecular flexibility index (Phi) is 5.58. The van der Waals surface area contributed by atoms with E-state index in [1.54, 1.807) is 0 Å². The van der Waals surface area contributed by atoms with Gasteiger partial charge in [-0.25, -0.2) is 0 Å². The van der Waals surface area contributed by atoms with E-state index in [1.165, 1.54) is 24.8 Å². The highest BCUT2D eigenvalue weighted by Gasteiger charge is 2.21. The zero-order chi connectivity index (χ0) is 15.4. The highest BCUT2D eigenvalue weighted by Crippen LogP contribution is 2.24. The molecule has 1 heterocycles. The number of Topliss-reactive ketones (excluding diaryl/α,β-unsaturated/α-hetero) is 1. The smallest absolute Gasteiger partial charge is 0.177 e. The number of carbonyl (C=O) groups is 1. The number of carbonyl (C=O) groups excluding carboxylic acids is 1. The Morgan fingerprint density at radius 1 is 1.24 bits per heavy atom. The summed E-state index contributed by atoms with van der Waals surface area (Å²) in [5, 5.41) is 0. The largest absolute Gasteiger partial charge is 0.296 e. The lowest BCUT2D eigenvalue weighted by atomic mass is 9.89. The molecule has 0 spiro atoms. The average Bonchev–Trinajstić information content (AvgIpc) is 2.67. The van der Waals surface area contributed by atoms with Gasteiger partial charge in [0.1, 0.15) is 0 Å². The van der Waals surface area contributed by atoms with Crippen LogP contribution in [-0.2, 0) is 0 Å². The zero-order valence-corrected chi connectivity index (χ0v) is 14.0. The summed E-state index contributed by atoms with van der Waals surface area (Å²) in [6.45, 7) is 11.4. The molecule has 1 fully saturated rings. The number of hydrogen-bond acceptors (Lipinski definition) is 2. The molecule has 1 saturated heterocycles. The van der Waals surface area contributed by atoms with E-state index in [1.807, 2.05) is 13.0 Å². The van der Waals surface area contributed by atoms with Crippen LogP contribution in [-0.4, -0.2) is 30.3 Å². The number of ketones is 1. The summed E-state index contributed by atoms with van der Waals surface area (Å²) in [6.07, 6.45) is 3.77. The van der Waals surface area contributed by atoms with Gasteiger partial charge in [-0.3, -0.25) is 9.69 Å². The van der Waals surface area contributed by atoms with Crippen molar-refractivity contribution in [3.8, 4) is 0 Å². The molecule has 0 aromatic heterocycles. The third-order valence-corrected chi connectivity index (χ3v) is 4.87. The normalized spacial score (nSPS) is 20.5. The maximum atomic E-state index is 12.6. The average molecular weight is 287 g/mol. The van der Waals surface area contributed by atoms with Crippen molar-refractivity contribution in [3.05, 3.63) is 34.9 Å². The second-order valence-corrected chi connectivity index (χ2v) is 6.95. The Balaban J connectivity index is 1.98. The van der Waals surface area contributed by atoms with Gasteiger partial charge in [-0.05, 0) is 69.7 Å². The standard InChI is InChI=1S/C19H29NO/c1-14(2)17-6-5-10-20(11-9-17)13-19(21)18-12-15(3)7-8-16(18)4/h7-8,12,14,17H,5-6,9-11,13H2,1-4H3. The number of rotatable bonds is 4. The molecule has 116 valence electrons. The van der Waals surface area contributed by atoms with Crippen LogP contribution in [0.2, 0.25) is 0 Å². The van der Waals surface area contributed by atoms with Crippen LogP contribution in [0.3, 0.4) is 0 Å². The summed E-state index contributed by atoms with van der Waals surface area (Å²) < 4.78 is 0. The Bertz CT molecular complexity index is 492. The lowest BCUT2D eigenvalue weighted by Gasteiger charge is -2.21. The second kappa shape index (κ2) is 7.22. The molecule has 1 unspecified atom stereocenters. The van der Waals surface area contributed by atoms with Crippen LogP contribution in [0.5, 0.6) is 0 Å². The lowest BCUT2D eigenvalue weighted by Crippen LogP contribution is -2.31. The molecule has 1 aliphatic rings. The molecule has 2 rings (SSSR count). The number of hydrogen-bond donors (Lipinski definition) is 0. The molecule has 1 aromatic carbocycles. The summed E-state index contributed by atoms with van der Waals surface area (Å²) in [6, 6.07) is 6.16. The molecule has 0 saturated carbocycles. The molecular weight excluding hydrogens is 258 g/mol. The quantitative estimate of drug-likeness (QED) is 0.772. The first-order valence-electron chi connectivity index (χ1n) is 8.30. The van der Waals surface area contributed by atoms with Crippen molar-refractivity contribution < 1.29 is 4.79 Å². The van der Waals surface area contributed by atoms with Crippen molar-refractivity contribution in [2.24, 2.45) is 11.8 Å². The SMILES string of the molecule is Cc1ccc(C)c(C(=O)CN2CCCC(C(C)C)CC2)c1. The van der Waals surface area contributed by atoms with Crippen LogP contribution in [0.25, 0.3) is 0 Å². The summed E-state index contributed by atoms with van der Waals surface area (Å²) in [4.78, 5) is 14.9. The molecule has 2 nitrogen and oxygen atoms in total. The third-order valence-electron chi connectivity index (χ3n) is 4.87. The van der Waals surface area contributed by atoms with Crippen LogP contribution in [0.15, 0.2) is 18.2 Å². The van der Waals surface area contributed by atoms with Gasteiger partial charge in [0, 0.05) is 5.56 Å². The zero-order valence-electron chi connectivity index (χ0n) is 14.0. The number of benzene rings is 1. The molecule has 0 amide bonds. The summed E-state index contributed by atoms with van der Waals surface area (Å²) in [5.41, 5.74) is 3.17. The molecule has 1 aromatic rings. The van der Waals surface area contributed by atoms with Gasteiger partial charge in [-0.1, -0.05) is 31.5 Å². The van der Waals surface area contributed by atoms with Gasteiger partial charge in [0.05, 0.1) is 6.54 Å². The van der Waals surface area contributed by atoms with Gasteiger partial charge in [0.25, 0.3) is 0 Å². The maximum Gasteiger partial charge on any atom is 0.177 e. The van der Waals surface area contributed by atoms with Crippen molar-refractivity contribution in [2.75, 3.05) is 19.6 Å². The van der Waals surface area contributed by atoms with Crippen molar-refractivity contribution in [3.63, 3.8) is 0 Å². The summed E-state index contributed by atoms with van der Waals surface area (Å²) >= 11 is 0. The first kappa shape index (κ1) is 16.2. The molecule has 0 bridgehead atoms. The van der Waals surface area contributed by atoms with Gasteiger partial charge in [-0.2, -0.15) is 0 Å². The molecule has 21 heavy (non-hydrogen) atoms. The van der Waals surface area contributed by atoms with E-state index >= 15 is 0 Å². The highest BCUT2D eigenvalue weighted by atomic mass is 16.1. The van der Waals surface area contributed by atoms with Crippen LogP contribution in [0, 0.1) is 25.7 Å². The monoisotopic (exact) mass is 287 g/mol. The summed E-state index contributed by atoms with van der Waals surface area (Å²) in [5.74, 6) is 1.87. The minimum absolute atomic E-state index is 0.277. The Hall–Kier alpha value is -1.15. The Morgan fingerprint density at radius 3 is 2.71 bits per heavy atom. The van der Waals surface area contributed by atoms with Gasteiger partial charge >= 0.3 is 0 Å². The second-order valence-electron chi connectivity index (χ2n) is 6.95. The maximum absolute atomic E-state index is 12.6. The van der Waals surface area contributed by atoms with Crippen molar-refractivity contribution >= 4 is 5.78 Å². The number of aryl methyl sites for hydroxylation is 2. The predicted molar refractivity (Wildman–Crippen MR) is 88.9 cm³/mol. The molecule has 0 N–H and O–H groups in total. The van der Waals surface area contributed by atoms with E-state index in [-0.39, 0.29) is 5.78 Å². The van der Waals surface area contributed by atoms with E-state index in [0.717, 1.165) is 36.1 Å². The molecular formula is C19H29NO. The third kappa shape index (κ3) is 4.41. The summed E-state index contributed by atoms with van der Waals surface area (Å²) in [7, 11) is 0. The van der Waals surface area contributed by atoms with E-state index in [0.29, 0.717) is 6.54 Å². The number of likely N-dealkylation sites (tertiary alicyclic amines) is 1. The molecule has 2 heteroatoms. The fourth-order valence-electron chi connectivity index (χ4n) is 3.33. The number of nitrogens with zero attached hydrogens (tertiary/aromatic N) is 1. The first-order valence-corrected chi connectivity index (χ1v) is 8.30. The van der Waals surface area contributed by atoms with E-state index in [4.69, 9.17) is 0 Å². The van der Waals surface area contributed by atoms with Crippen LogP contribution in [0.4, 0.5) is 0 Å². The van der Waals surface area contributed by atoms with Crippen molar-refractivity contribution in [1.29, 1.82) is 0 Å². The van der Waals surface area contributed by atoms with Gasteiger partial charge in [0.2, 0.25) is 0 Å². The van der Waals surface area contributed by atoms with E-state index < -0.39 is 0 Å². The van der Waals surface area contributed by atoms with Crippen LogP contribution < -0.4 is 0 Å². The highest BCUT2D eigenvalue weighted by molar-refractivity contribution is 5.99. The fourth-order valence-corrected chi connectivity index (χ4v) is 3.33. The molecule has 1 aliphatic heterocycles. The Labute approximate surface area is 129 Å². The predicted octanol–water partition coefficient (Wildman–Crippen LogP) is 4.24. The fraction of sp³-hybridized carbons (Fsp3) is 0.632. The molecule has 0 radical (unpaired) electrons. The lowest BCUT2D eigenvalue weighted by molar-refractivity contribution is 0.0931. The van der Waals surface area contributed by atoms with Crippen LogP contribution >= 0.6 is 0 Å². The van der Waals surface area contributed by atoms with Crippen LogP contribution in [0.1, 0.15) is 54.6 Å². The van der Waals surface area contributed by atoms with Gasteiger partial charge in [0.15, 0.2) is 5.78 Å². The minimum atomic E-state index is 0.277. The van der Waals surface area contributed by atoms with E-state index in [2.05, 4.69) is 37.8 Å². The molecule has 0 aliphatic carbocycles. The Morgan fingerprint density at radius 2 is 2.00 bits per heavy atom. The topological polar surface area (TPSA) is 20.3 Å².